The molecule has 0 aromatic carbocycles. The summed E-state index contributed by atoms with van der Waals surface area (Å²) >= 11 is 0. The molecule has 0 radical (unpaired) electrons. The van der Waals surface area contributed by atoms with E-state index in [1.165, 1.54) is 0 Å². The Morgan fingerprint density at radius 1 is 1.35 bits per heavy atom. The van der Waals surface area contributed by atoms with E-state index < -0.39 is 0 Å². The van der Waals surface area contributed by atoms with E-state index in [1.807, 2.05) is 6.92 Å². The fourth-order valence-corrected chi connectivity index (χ4v) is 2.43. The van der Waals surface area contributed by atoms with Crippen molar-refractivity contribution in [2.24, 2.45) is 16.8 Å². The first-order valence-electron chi connectivity index (χ1n) is 6.19. The van der Waals surface area contributed by atoms with E-state index in [0.29, 0.717) is 5.84 Å². The van der Waals surface area contributed by atoms with E-state index in [-0.39, 0.29) is 23.5 Å². The Morgan fingerprint density at radius 2 is 2.06 bits per heavy atom. The fraction of sp³-hybridized carbons (Fsp3) is 0.615. The van der Waals surface area contributed by atoms with Crippen molar-refractivity contribution in [3.8, 4) is 0 Å². The third-order valence-electron chi connectivity index (χ3n) is 3.54. The molecule has 0 aromatic heterocycles. The average molecular weight is 234 g/mol. The van der Waals surface area contributed by atoms with Gasteiger partial charge in [-0.15, -0.1) is 0 Å². The monoisotopic (exact) mass is 234 g/mol. The molecule has 17 heavy (non-hydrogen) atoms. The maximum absolute atomic E-state index is 12.3. The van der Waals surface area contributed by atoms with Crippen LogP contribution in [0.5, 0.6) is 0 Å². The number of Topliss-reactive ketones (excluding diaryl/α,β-unsaturated/α-hetero) is 1. The van der Waals surface area contributed by atoms with Crippen LogP contribution in [0.1, 0.15) is 40.0 Å². The standard InChI is InChI=1S/C13H18N2O2/c1-4-5-6-9-8(3)14-12-10(11(9)16)7(2)13(17)15-12/h7,10H,4-6H2,1-3H3,(H,14,15,17). The number of carbonyl (C=O) groups is 2. The number of fused-ring (bicyclic) bond motifs is 1. The number of rotatable bonds is 3. The number of allylic oxidation sites excluding steroid dienone is 2. The summed E-state index contributed by atoms with van der Waals surface area (Å²) in [5.74, 6) is -0.104. The molecule has 0 aliphatic carbocycles. The zero-order chi connectivity index (χ0) is 12.6. The summed E-state index contributed by atoms with van der Waals surface area (Å²) in [4.78, 5) is 28.3. The highest BCUT2D eigenvalue weighted by Gasteiger charge is 2.44. The van der Waals surface area contributed by atoms with Gasteiger partial charge in [-0.1, -0.05) is 20.3 Å². The molecular formula is C13H18N2O2. The van der Waals surface area contributed by atoms with Crippen molar-refractivity contribution in [2.45, 2.75) is 40.0 Å². The Bertz CT molecular complexity index is 435. The zero-order valence-corrected chi connectivity index (χ0v) is 10.5. The predicted octanol–water partition coefficient (Wildman–Crippen LogP) is 1.81. The smallest absolute Gasteiger partial charge is 0.229 e. The number of amides is 1. The Labute approximate surface area is 101 Å². The van der Waals surface area contributed by atoms with Crippen LogP contribution in [0.4, 0.5) is 0 Å². The van der Waals surface area contributed by atoms with Crippen molar-refractivity contribution < 1.29 is 9.59 Å². The molecule has 2 heterocycles. The maximum atomic E-state index is 12.3. The minimum atomic E-state index is -0.363. The lowest BCUT2D eigenvalue weighted by Gasteiger charge is -2.20. The number of aliphatic imine (C=N–C) groups is 1. The van der Waals surface area contributed by atoms with Crippen LogP contribution in [-0.4, -0.2) is 17.5 Å². The molecule has 2 unspecified atom stereocenters. The summed E-state index contributed by atoms with van der Waals surface area (Å²) < 4.78 is 0. The normalized spacial score (nSPS) is 28.1. The average Bonchev–Trinajstić information content (AvgIpc) is 2.54. The molecule has 0 spiro atoms. The first-order chi connectivity index (χ1) is 8.06. The highest BCUT2D eigenvalue weighted by Crippen LogP contribution is 2.31. The van der Waals surface area contributed by atoms with Crippen LogP contribution in [-0.2, 0) is 9.59 Å². The van der Waals surface area contributed by atoms with E-state index in [1.54, 1.807) is 6.92 Å². The third-order valence-corrected chi connectivity index (χ3v) is 3.54. The van der Waals surface area contributed by atoms with Crippen LogP contribution in [0.15, 0.2) is 16.3 Å². The summed E-state index contributed by atoms with van der Waals surface area (Å²) in [5, 5.41) is 2.70. The van der Waals surface area contributed by atoms with Gasteiger partial charge >= 0.3 is 0 Å². The predicted molar refractivity (Wildman–Crippen MR) is 65.5 cm³/mol. The maximum Gasteiger partial charge on any atom is 0.229 e. The van der Waals surface area contributed by atoms with Gasteiger partial charge in [-0.25, -0.2) is 4.99 Å². The lowest BCUT2D eigenvalue weighted by molar-refractivity contribution is -0.126. The first-order valence-corrected chi connectivity index (χ1v) is 6.19. The second kappa shape index (κ2) is 4.43. The summed E-state index contributed by atoms with van der Waals surface area (Å²) in [7, 11) is 0. The van der Waals surface area contributed by atoms with Crippen LogP contribution in [0.2, 0.25) is 0 Å². The van der Waals surface area contributed by atoms with Crippen LogP contribution in [0.25, 0.3) is 0 Å². The van der Waals surface area contributed by atoms with Gasteiger partial charge in [0.1, 0.15) is 5.84 Å². The lowest BCUT2D eigenvalue weighted by atomic mass is 9.84. The molecule has 0 saturated carbocycles. The molecule has 1 fully saturated rings. The van der Waals surface area contributed by atoms with Gasteiger partial charge in [0.05, 0.1) is 11.8 Å². The molecule has 0 bridgehead atoms. The number of hydrogen-bond donors (Lipinski definition) is 1. The Balaban J connectivity index is 2.30. The van der Waals surface area contributed by atoms with Crippen LogP contribution < -0.4 is 5.32 Å². The molecule has 1 amide bonds. The number of amidine groups is 1. The summed E-state index contributed by atoms with van der Waals surface area (Å²) in [6.07, 6.45) is 2.82. The molecule has 2 atom stereocenters. The number of carbonyl (C=O) groups excluding carboxylic acids is 2. The third kappa shape index (κ3) is 1.92. The zero-order valence-electron chi connectivity index (χ0n) is 10.5. The van der Waals surface area contributed by atoms with Gasteiger partial charge in [0.2, 0.25) is 5.91 Å². The van der Waals surface area contributed by atoms with Crippen molar-refractivity contribution in [2.75, 3.05) is 0 Å². The van der Waals surface area contributed by atoms with Crippen molar-refractivity contribution in [3.05, 3.63) is 11.3 Å². The van der Waals surface area contributed by atoms with E-state index in [0.717, 1.165) is 30.5 Å². The summed E-state index contributed by atoms with van der Waals surface area (Å²) in [6, 6.07) is 0. The minimum absolute atomic E-state index is 0.0896. The van der Waals surface area contributed by atoms with Gasteiger partial charge in [-0.3, -0.25) is 9.59 Å². The molecule has 1 saturated heterocycles. The molecule has 2 aliphatic heterocycles. The molecule has 2 rings (SSSR count). The summed E-state index contributed by atoms with van der Waals surface area (Å²) in [5.41, 5.74) is 1.58. The van der Waals surface area contributed by atoms with Crippen LogP contribution in [0.3, 0.4) is 0 Å². The van der Waals surface area contributed by atoms with E-state index in [2.05, 4.69) is 17.2 Å². The van der Waals surface area contributed by atoms with Gasteiger partial charge in [-0.05, 0) is 19.8 Å². The van der Waals surface area contributed by atoms with E-state index >= 15 is 0 Å². The number of unbranched alkanes of at least 4 members (excludes halogenated alkanes) is 1. The largest absolute Gasteiger partial charge is 0.313 e. The first kappa shape index (κ1) is 12.0. The number of nitrogens with one attached hydrogen (secondary N) is 1. The van der Waals surface area contributed by atoms with Crippen molar-refractivity contribution in [3.63, 3.8) is 0 Å². The van der Waals surface area contributed by atoms with Crippen molar-refractivity contribution >= 4 is 17.5 Å². The molecule has 1 N–H and O–H groups in total. The van der Waals surface area contributed by atoms with E-state index in [9.17, 15) is 9.59 Å². The van der Waals surface area contributed by atoms with E-state index in [4.69, 9.17) is 0 Å². The summed E-state index contributed by atoms with van der Waals surface area (Å²) in [6.45, 7) is 5.74. The van der Waals surface area contributed by atoms with Gasteiger partial charge < -0.3 is 5.32 Å². The van der Waals surface area contributed by atoms with Crippen molar-refractivity contribution in [1.29, 1.82) is 0 Å². The van der Waals surface area contributed by atoms with Crippen molar-refractivity contribution in [1.82, 2.24) is 5.32 Å². The van der Waals surface area contributed by atoms with Gasteiger partial charge in [0, 0.05) is 11.3 Å². The second-order valence-electron chi connectivity index (χ2n) is 4.78. The molecule has 92 valence electrons. The Hall–Kier alpha value is -1.45. The molecule has 4 heteroatoms. The number of ketones is 1. The Kier molecular flexibility index (Phi) is 3.13. The van der Waals surface area contributed by atoms with Gasteiger partial charge in [0.25, 0.3) is 0 Å². The molecule has 4 nitrogen and oxygen atoms in total. The SMILES string of the molecule is CCCCC1=C(C)N=C2NC(=O)C(C)C2C1=O. The van der Waals surface area contributed by atoms with Gasteiger partial charge in [0.15, 0.2) is 5.78 Å². The van der Waals surface area contributed by atoms with Crippen LogP contribution >= 0.6 is 0 Å². The number of hydrogen-bond acceptors (Lipinski definition) is 3. The second-order valence-corrected chi connectivity index (χ2v) is 4.78. The molecule has 2 aliphatic rings. The number of nitrogens with zero attached hydrogens (tertiary/aromatic N) is 1. The lowest BCUT2D eigenvalue weighted by Crippen LogP contribution is -2.32. The fourth-order valence-electron chi connectivity index (χ4n) is 2.43. The minimum Gasteiger partial charge on any atom is -0.313 e. The molecule has 0 aromatic rings. The highest BCUT2D eigenvalue weighted by molar-refractivity contribution is 6.22. The Morgan fingerprint density at radius 3 is 2.71 bits per heavy atom. The topological polar surface area (TPSA) is 58.5 Å². The van der Waals surface area contributed by atoms with Gasteiger partial charge in [-0.2, -0.15) is 0 Å². The molecular weight excluding hydrogens is 216 g/mol. The highest BCUT2D eigenvalue weighted by atomic mass is 16.2. The quantitative estimate of drug-likeness (QED) is 0.809. The van der Waals surface area contributed by atoms with Crippen LogP contribution in [0, 0.1) is 11.8 Å².